The van der Waals surface area contributed by atoms with Crippen molar-refractivity contribution in [1.29, 1.82) is 0 Å². The summed E-state index contributed by atoms with van der Waals surface area (Å²) in [6, 6.07) is 6.03. The quantitative estimate of drug-likeness (QED) is 0.589. The van der Waals surface area contributed by atoms with E-state index in [1.807, 2.05) is 25.1 Å². The van der Waals surface area contributed by atoms with Gasteiger partial charge in [-0.25, -0.2) is 0 Å². The van der Waals surface area contributed by atoms with E-state index < -0.39 is 0 Å². The molecule has 0 atom stereocenters. The smallest absolute Gasteiger partial charge is 0.133 e. The first-order valence-corrected chi connectivity index (χ1v) is 5.36. The van der Waals surface area contributed by atoms with Gasteiger partial charge < -0.3 is 4.74 Å². The second kappa shape index (κ2) is 5.72. The van der Waals surface area contributed by atoms with Crippen LogP contribution in [-0.2, 0) is 0 Å². The molecule has 0 fully saturated rings. The van der Waals surface area contributed by atoms with E-state index in [1.165, 1.54) is 5.56 Å². The number of hydrogen-bond donors (Lipinski definition) is 0. The summed E-state index contributed by atoms with van der Waals surface area (Å²) >= 11 is 3.45. The summed E-state index contributed by atoms with van der Waals surface area (Å²) < 4.78 is 6.55. The van der Waals surface area contributed by atoms with Crippen LogP contribution in [0.4, 0.5) is 0 Å². The number of hydrogen-bond acceptors (Lipinski definition) is 1. The molecule has 0 bridgehead atoms. The molecule has 0 N–H and O–H groups in total. The first-order valence-electron chi connectivity index (χ1n) is 4.56. The number of halogens is 1. The summed E-state index contributed by atoms with van der Waals surface area (Å²) in [6.45, 7) is 2.72. The Morgan fingerprint density at radius 2 is 2.29 bits per heavy atom. The van der Waals surface area contributed by atoms with E-state index in [4.69, 9.17) is 11.2 Å². The molecule has 1 nitrogen and oxygen atoms in total. The minimum absolute atomic E-state index is 0.672. The van der Waals surface area contributed by atoms with E-state index in [1.54, 1.807) is 0 Å². The minimum Gasteiger partial charge on any atom is -0.492 e. The molecule has 2 heteroatoms. The maximum absolute atomic E-state index is 5.55. The van der Waals surface area contributed by atoms with Crippen molar-refractivity contribution in [2.45, 2.75) is 19.8 Å². The second-order valence-corrected chi connectivity index (χ2v) is 3.94. The molecule has 0 radical (unpaired) electrons. The lowest BCUT2D eigenvalue weighted by atomic mass is 10.2. The first-order chi connectivity index (χ1) is 6.74. The predicted octanol–water partition coefficient (Wildman–Crippen LogP) is 3.55. The van der Waals surface area contributed by atoms with E-state index in [0.717, 1.165) is 23.1 Å². The second-order valence-electron chi connectivity index (χ2n) is 3.09. The van der Waals surface area contributed by atoms with Crippen molar-refractivity contribution in [3.63, 3.8) is 0 Å². The van der Waals surface area contributed by atoms with Gasteiger partial charge in [-0.1, -0.05) is 6.07 Å². The highest BCUT2D eigenvalue weighted by Crippen LogP contribution is 2.25. The Balaban J connectivity index is 2.47. The molecule has 0 aromatic heterocycles. The van der Waals surface area contributed by atoms with Crippen LogP contribution in [0.5, 0.6) is 5.75 Å². The van der Waals surface area contributed by atoms with Gasteiger partial charge in [-0.3, -0.25) is 0 Å². The monoisotopic (exact) mass is 252 g/mol. The summed E-state index contributed by atoms with van der Waals surface area (Å²) in [5.74, 6) is 3.47. The zero-order chi connectivity index (χ0) is 10.4. The van der Waals surface area contributed by atoms with E-state index in [9.17, 15) is 0 Å². The van der Waals surface area contributed by atoms with Crippen LogP contribution in [0.15, 0.2) is 22.7 Å². The van der Waals surface area contributed by atoms with Crippen molar-refractivity contribution in [1.82, 2.24) is 0 Å². The van der Waals surface area contributed by atoms with Gasteiger partial charge in [-0.2, -0.15) is 0 Å². The molecule has 14 heavy (non-hydrogen) atoms. The van der Waals surface area contributed by atoms with E-state index in [-0.39, 0.29) is 0 Å². The fourth-order valence-corrected chi connectivity index (χ4v) is 1.69. The molecule has 0 aliphatic heterocycles. The Labute approximate surface area is 93.6 Å². The Kier molecular flexibility index (Phi) is 4.55. The topological polar surface area (TPSA) is 9.23 Å². The van der Waals surface area contributed by atoms with E-state index in [0.29, 0.717) is 6.61 Å². The Morgan fingerprint density at radius 3 is 2.93 bits per heavy atom. The molecule has 1 aromatic rings. The molecular weight excluding hydrogens is 240 g/mol. The molecule has 1 aromatic carbocycles. The Hall–Kier alpha value is -0.940. The maximum Gasteiger partial charge on any atom is 0.133 e. The van der Waals surface area contributed by atoms with E-state index >= 15 is 0 Å². The fourth-order valence-electron chi connectivity index (χ4n) is 1.08. The molecule has 0 aliphatic carbocycles. The van der Waals surface area contributed by atoms with Crippen LogP contribution in [0.2, 0.25) is 0 Å². The normalized spacial score (nSPS) is 9.50. The molecule has 1 rings (SSSR count). The lowest BCUT2D eigenvalue weighted by Crippen LogP contribution is -1.97. The average Bonchev–Trinajstić information content (AvgIpc) is 2.15. The average molecular weight is 253 g/mol. The molecule has 0 unspecified atom stereocenters. The SMILES string of the molecule is C#CCCCOc1ccc(C)cc1Br. The number of benzene rings is 1. The highest BCUT2D eigenvalue weighted by molar-refractivity contribution is 9.10. The third kappa shape index (κ3) is 3.43. The summed E-state index contributed by atoms with van der Waals surface area (Å²) in [5, 5.41) is 0. The van der Waals surface area contributed by atoms with Crippen molar-refractivity contribution >= 4 is 15.9 Å². The van der Waals surface area contributed by atoms with Crippen molar-refractivity contribution < 1.29 is 4.74 Å². The fraction of sp³-hybridized carbons (Fsp3) is 0.333. The zero-order valence-corrected chi connectivity index (χ0v) is 9.80. The van der Waals surface area contributed by atoms with Crippen LogP contribution in [0, 0.1) is 19.3 Å². The molecule has 0 spiro atoms. The maximum atomic E-state index is 5.55. The van der Waals surface area contributed by atoms with Gasteiger partial charge in [0.15, 0.2) is 0 Å². The molecular formula is C12H13BrO. The molecule has 0 heterocycles. The van der Waals surface area contributed by atoms with Crippen molar-refractivity contribution in [3.8, 4) is 18.1 Å². The number of aryl methyl sites for hydroxylation is 1. The van der Waals surface area contributed by atoms with Gasteiger partial charge in [0.05, 0.1) is 11.1 Å². The number of rotatable bonds is 4. The summed E-state index contributed by atoms with van der Waals surface area (Å²) in [6.07, 6.45) is 6.81. The number of terminal acetylenes is 1. The van der Waals surface area contributed by atoms with Gasteiger partial charge in [0, 0.05) is 6.42 Å². The zero-order valence-electron chi connectivity index (χ0n) is 8.22. The lowest BCUT2D eigenvalue weighted by Gasteiger charge is -2.07. The van der Waals surface area contributed by atoms with Crippen molar-refractivity contribution in [3.05, 3.63) is 28.2 Å². The summed E-state index contributed by atoms with van der Waals surface area (Å²) in [5.41, 5.74) is 1.22. The van der Waals surface area contributed by atoms with Gasteiger partial charge in [-0.15, -0.1) is 12.3 Å². The van der Waals surface area contributed by atoms with Crippen molar-refractivity contribution in [2.75, 3.05) is 6.61 Å². The summed E-state index contributed by atoms with van der Waals surface area (Å²) in [7, 11) is 0. The van der Waals surface area contributed by atoms with Crippen LogP contribution in [0.25, 0.3) is 0 Å². The van der Waals surface area contributed by atoms with Crippen LogP contribution in [0.3, 0.4) is 0 Å². The highest BCUT2D eigenvalue weighted by atomic mass is 79.9. The van der Waals surface area contributed by atoms with Gasteiger partial charge in [-0.05, 0) is 47.0 Å². The lowest BCUT2D eigenvalue weighted by molar-refractivity contribution is 0.311. The minimum atomic E-state index is 0.672. The third-order valence-corrected chi connectivity index (χ3v) is 2.43. The van der Waals surface area contributed by atoms with Crippen LogP contribution < -0.4 is 4.74 Å². The molecule has 0 aliphatic rings. The number of unbranched alkanes of at least 4 members (excludes halogenated alkanes) is 1. The van der Waals surface area contributed by atoms with Crippen LogP contribution in [0.1, 0.15) is 18.4 Å². The van der Waals surface area contributed by atoms with Crippen LogP contribution >= 0.6 is 15.9 Å². The largest absolute Gasteiger partial charge is 0.492 e. The van der Waals surface area contributed by atoms with Crippen molar-refractivity contribution in [2.24, 2.45) is 0 Å². The standard InChI is InChI=1S/C12H13BrO/c1-3-4-5-8-14-12-7-6-10(2)9-11(12)13/h1,6-7,9H,4-5,8H2,2H3. The third-order valence-electron chi connectivity index (χ3n) is 1.81. The highest BCUT2D eigenvalue weighted by Gasteiger charge is 1.99. The summed E-state index contributed by atoms with van der Waals surface area (Å²) in [4.78, 5) is 0. The Bertz CT molecular complexity index is 339. The van der Waals surface area contributed by atoms with Gasteiger partial charge in [0.1, 0.15) is 5.75 Å². The predicted molar refractivity (Wildman–Crippen MR) is 62.4 cm³/mol. The van der Waals surface area contributed by atoms with Gasteiger partial charge in [0.25, 0.3) is 0 Å². The van der Waals surface area contributed by atoms with E-state index in [2.05, 4.69) is 21.9 Å². The Morgan fingerprint density at radius 1 is 1.50 bits per heavy atom. The van der Waals surface area contributed by atoms with Crippen LogP contribution in [-0.4, -0.2) is 6.61 Å². The molecule has 0 saturated carbocycles. The molecule has 0 saturated heterocycles. The first kappa shape index (κ1) is 11.1. The van der Waals surface area contributed by atoms with Gasteiger partial charge >= 0.3 is 0 Å². The molecule has 0 amide bonds. The molecule has 74 valence electrons. The van der Waals surface area contributed by atoms with Gasteiger partial charge in [0.2, 0.25) is 0 Å². The number of ether oxygens (including phenoxy) is 1.